The molecule has 22 heavy (non-hydrogen) atoms. The van der Waals surface area contributed by atoms with Crippen LogP contribution in [0.2, 0.25) is 0 Å². The van der Waals surface area contributed by atoms with E-state index in [0.717, 1.165) is 16.7 Å². The second-order valence-corrected chi connectivity index (χ2v) is 5.77. The van der Waals surface area contributed by atoms with Crippen molar-refractivity contribution in [1.82, 2.24) is 4.98 Å². The molecule has 0 N–H and O–H groups in total. The van der Waals surface area contributed by atoms with Gasteiger partial charge in [-0.1, -0.05) is 24.3 Å². The van der Waals surface area contributed by atoms with Crippen LogP contribution in [0.4, 0.5) is 0 Å². The predicted molar refractivity (Wildman–Crippen MR) is 86.9 cm³/mol. The Bertz CT molecular complexity index is 876. The standard InChI is InChI=1S/C18H12N2OS/c1-12-4-2-3-5-15(12)16-8-13(6-7-14(16)9-19)18(21)17-10-20-11-22-17/h2-8,10-11H,1H3. The van der Waals surface area contributed by atoms with Crippen LogP contribution in [-0.2, 0) is 0 Å². The van der Waals surface area contributed by atoms with Gasteiger partial charge in [0.05, 0.1) is 22.0 Å². The molecule has 3 aromatic rings. The summed E-state index contributed by atoms with van der Waals surface area (Å²) in [5, 5.41) is 9.34. The predicted octanol–water partition coefficient (Wildman–Crippen LogP) is 4.22. The third-order valence-corrected chi connectivity index (χ3v) is 4.27. The summed E-state index contributed by atoms with van der Waals surface area (Å²) in [7, 11) is 0. The average molecular weight is 304 g/mol. The monoisotopic (exact) mass is 304 g/mol. The fourth-order valence-corrected chi connectivity index (χ4v) is 2.93. The van der Waals surface area contributed by atoms with E-state index in [1.165, 1.54) is 11.3 Å². The molecule has 106 valence electrons. The van der Waals surface area contributed by atoms with E-state index in [4.69, 9.17) is 0 Å². The van der Waals surface area contributed by atoms with Gasteiger partial charge in [-0.2, -0.15) is 5.26 Å². The van der Waals surface area contributed by atoms with E-state index in [2.05, 4.69) is 11.1 Å². The quantitative estimate of drug-likeness (QED) is 0.681. The maximum atomic E-state index is 12.5. The molecule has 0 amide bonds. The zero-order valence-electron chi connectivity index (χ0n) is 11.9. The molecule has 0 aliphatic heterocycles. The van der Waals surface area contributed by atoms with Crippen molar-refractivity contribution in [3.63, 3.8) is 0 Å². The maximum absolute atomic E-state index is 12.5. The van der Waals surface area contributed by atoms with Gasteiger partial charge >= 0.3 is 0 Å². The van der Waals surface area contributed by atoms with Crippen LogP contribution in [0.5, 0.6) is 0 Å². The number of carbonyl (C=O) groups excluding carboxylic acids is 1. The summed E-state index contributed by atoms with van der Waals surface area (Å²) in [6, 6.07) is 15.2. The molecule has 0 spiro atoms. The lowest BCUT2D eigenvalue weighted by molar-refractivity contribution is 0.104. The summed E-state index contributed by atoms with van der Waals surface area (Å²) in [4.78, 5) is 17.0. The topological polar surface area (TPSA) is 53.8 Å². The van der Waals surface area contributed by atoms with Gasteiger partial charge in [-0.05, 0) is 36.2 Å². The van der Waals surface area contributed by atoms with Gasteiger partial charge in [0, 0.05) is 17.3 Å². The number of nitrogens with zero attached hydrogens (tertiary/aromatic N) is 2. The third kappa shape index (κ3) is 2.54. The Hall–Kier alpha value is -2.77. The van der Waals surface area contributed by atoms with Crippen LogP contribution < -0.4 is 0 Å². The maximum Gasteiger partial charge on any atom is 0.204 e. The second-order valence-electron chi connectivity index (χ2n) is 4.88. The van der Waals surface area contributed by atoms with E-state index in [9.17, 15) is 10.1 Å². The fraction of sp³-hybridized carbons (Fsp3) is 0.0556. The number of thiazole rings is 1. The molecule has 0 aliphatic rings. The van der Waals surface area contributed by atoms with Gasteiger partial charge in [0.15, 0.2) is 0 Å². The lowest BCUT2D eigenvalue weighted by atomic mass is 9.93. The minimum absolute atomic E-state index is 0.0678. The first-order chi connectivity index (χ1) is 10.7. The lowest BCUT2D eigenvalue weighted by Crippen LogP contribution is -2.00. The van der Waals surface area contributed by atoms with Gasteiger partial charge in [0.25, 0.3) is 0 Å². The first kappa shape index (κ1) is 14.2. The number of ketones is 1. The van der Waals surface area contributed by atoms with Crippen LogP contribution in [0.25, 0.3) is 11.1 Å². The summed E-state index contributed by atoms with van der Waals surface area (Å²) in [6.07, 6.45) is 1.57. The number of benzene rings is 2. The summed E-state index contributed by atoms with van der Waals surface area (Å²) in [6.45, 7) is 1.99. The molecular formula is C18H12N2OS. The largest absolute Gasteiger partial charge is 0.288 e. The van der Waals surface area contributed by atoms with Crippen LogP contribution in [0.1, 0.15) is 26.4 Å². The SMILES string of the molecule is Cc1ccccc1-c1cc(C(=O)c2cncs2)ccc1C#N. The Labute approximate surface area is 132 Å². The zero-order valence-corrected chi connectivity index (χ0v) is 12.7. The van der Waals surface area contributed by atoms with Crippen molar-refractivity contribution in [3.8, 4) is 17.2 Å². The van der Waals surface area contributed by atoms with Crippen molar-refractivity contribution in [3.05, 3.63) is 75.7 Å². The Morgan fingerprint density at radius 1 is 1.18 bits per heavy atom. The first-order valence-electron chi connectivity index (χ1n) is 6.74. The molecule has 1 heterocycles. The number of aryl methyl sites for hydroxylation is 1. The van der Waals surface area contributed by atoms with Gasteiger partial charge in [-0.15, -0.1) is 11.3 Å². The summed E-state index contributed by atoms with van der Waals surface area (Å²) >= 11 is 1.31. The number of rotatable bonds is 3. The van der Waals surface area contributed by atoms with Crippen molar-refractivity contribution >= 4 is 17.1 Å². The molecule has 0 fully saturated rings. The molecule has 0 saturated heterocycles. The Kier molecular flexibility index (Phi) is 3.82. The van der Waals surface area contributed by atoms with Crippen LogP contribution in [0.15, 0.2) is 54.2 Å². The molecule has 1 aromatic heterocycles. The van der Waals surface area contributed by atoms with Crippen LogP contribution in [0.3, 0.4) is 0 Å². The third-order valence-electron chi connectivity index (χ3n) is 3.49. The van der Waals surface area contributed by atoms with Crippen molar-refractivity contribution in [1.29, 1.82) is 5.26 Å². The molecule has 0 radical (unpaired) electrons. The number of aromatic nitrogens is 1. The summed E-state index contributed by atoms with van der Waals surface area (Å²) < 4.78 is 0. The molecule has 0 unspecified atom stereocenters. The Balaban J connectivity index is 2.14. The van der Waals surface area contributed by atoms with E-state index >= 15 is 0 Å². The van der Waals surface area contributed by atoms with Crippen molar-refractivity contribution in [2.24, 2.45) is 0 Å². The molecule has 0 atom stereocenters. The van der Waals surface area contributed by atoms with Gasteiger partial charge in [0.1, 0.15) is 0 Å². The minimum atomic E-state index is -0.0678. The number of nitriles is 1. The minimum Gasteiger partial charge on any atom is -0.288 e. The highest BCUT2D eigenvalue weighted by Gasteiger charge is 2.14. The summed E-state index contributed by atoms with van der Waals surface area (Å²) in [5.41, 5.74) is 5.60. The highest BCUT2D eigenvalue weighted by Crippen LogP contribution is 2.28. The fourth-order valence-electron chi connectivity index (χ4n) is 2.35. The van der Waals surface area contributed by atoms with Gasteiger partial charge in [-0.3, -0.25) is 9.78 Å². The smallest absolute Gasteiger partial charge is 0.204 e. The molecule has 3 rings (SSSR count). The molecule has 2 aromatic carbocycles. The molecule has 0 aliphatic carbocycles. The van der Waals surface area contributed by atoms with Crippen LogP contribution in [-0.4, -0.2) is 10.8 Å². The van der Waals surface area contributed by atoms with Crippen LogP contribution >= 0.6 is 11.3 Å². The van der Waals surface area contributed by atoms with E-state index in [1.54, 1.807) is 29.9 Å². The normalized spacial score (nSPS) is 10.2. The molecule has 3 nitrogen and oxygen atoms in total. The Morgan fingerprint density at radius 2 is 2.00 bits per heavy atom. The van der Waals surface area contributed by atoms with Gasteiger partial charge < -0.3 is 0 Å². The van der Waals surface area contributed by atoms with E-state index < -0.39 is 0 Å². The highest BCUT2D eigenvalue weighted by atomic mass is 32.1. The second kappa shape index (κ2) is 5.92. The molecule has 0 saturated carbocycles. The van der Waals surface area contributed by atoms with Crippen LogP contribution in [0, 0.1) is 18.3 Å². The molecule has 4 heteroatoms. The van der Waals surface area contributed by atoms with E-state index in [-0.39, 0.29) is 5.78 Å². The van der Waals surface area contributed by atoms with Crippen molar-refractivity contribution in [2.75, 3.05) is 0 Å². The van der Waals surface area contributed by atoms with Crippen molar-refractivity contribution < 1.29 is 4.79 Å². The summed E-state index contributed by atoms with van der Waals surface area (Å²) in [5.74, 6) is -0.0678. The number of hydrogen-bond acceptors (Lipinski definition) is 4. The van der Waals surface area contributed by atoms with E-state index in [1.807, 2.05) is 31.2 Å². The Morgan fingerprint density at radius 3 is 2.68 bits per heavy atom. The average Bonchev–Trinajstić information content (AvgIpc) is 3.08. The van der Waals surface area contributed by atoms with Gasteiger partial charge in [0.2, 0.25) is 5.78 Å². The zero-order chi connectivity index (χ0) is 15.5. The first-order valence-corrected chi connectivity index (χ1v) is 7.62. The van der Waals surface area contributed by atoms with Gasteiger partial charge in [-0.25, -0.2) is 0 Å². The number of hydrogen-bond donors (Lipinski definition) is 0. The van der Waals surface area contributed by atoms with E-state index in [0.29, 0.717) is 16.0 Å². The molecule has 0 bridgehead atoms. The highest BCUT2D eigenvalue weighted by molar-refractivity contribution is 7.11. The molecular weight excluding hydrogens is 292 g/mol. The number of carbonyl (C=O) groups is 1. The van der Waals surface area contributed by atoms with Crippen molar-refractivity contribution in [2.45, 2.75) is 6.92 Å². The lowest BCUT2D eigenvalue weighted by Gasteiger charge is -2.09.